The van der Waals surface area contributed by atoms with Crippen molar-refractivity contribution in [3.63, 3.8) is 0 Å². The molecule has 3 nitrogen and oxygen atoms in total. The van der Waals surface area contributed by atoms with Crippen molar-refractivity contribution in [3.8, 4) is 0 Å². The van der Waals surface area contributed by atoms with Crippen molar-refractivity contribution in [2.24, 2.45) is 0 Å². The van der Waals surface area contributed by atoms with E-state index in [0.717, 1.165) is 21.6 Å². The molecule has 2 aromatic heterocycles. The third-order valence-electron chi connectivity index (χ3n) is 2.19. The molecule has 2 heterocycles. The van der Waals surface area contributed by atoms with Crippen LogP contribution in [0.1, 0.15) is 31.2 Å². The largest absolute Gasteiger partial charge is 0.310 e. The van der Waals surface area contributed by atoms with Gasteiger partial charge in [-0.05, 0) is 17.9 Å². The van der Waals surface area contributed by atoms with E-state index in [1.807, 2.05) is 26.2 Å². The van der Waals surface area contributed by atoms with E-state index in [2.05, 4.69) is 9.97 Å². The van der Waals surface area contributed by atoms with Crippen LogP contribution in [0, 0.1) is 6.92 Å². The molecule has 0 fully saturated rings. The quantitative estimate of drug-likeness (QED) is 0.782. The summed E-state index contributed by atoms with van der Waals surface area (Å²) in [6.07, 6.45) is 0. The lowest BCUT2D eigenvalue weighted by Gasteiger charge is -2.02. The minimum absolute atomic E-state index is 0.0162. The molecule has 0 radical (unpaired) electrons. The van der Waals surface area contributed by atoms with Gasteiger partial charge in [-0.1, -0.05) is 13.8 Å². The number of nitrogens with one attached hydrogen (secondary N) is 1. The van der Waals surface area contributed by atoms with E-state index < -0.39 is 0 Å². The topological polar surface area (TPSA) is 45.8 Å². The van der Waals surface area contributed by atoms with Crippen LogP contribution in [-0.2, 0) is 0 Å². The lowest BCUT2D eigenvalue weighted by atomic mass is 10.2. The summed E-state index contributed by atoms with van der Waals surface area (Å²) in [6.45, 7) is 5.97. The Balaban J connectivity index is 2.81. The number of aryl methyl sites for hydroxylation is 1. The highest BCUT2D eigenvalue weighted by Crippen LogP contribution is 2.21. The molecule has 74 valence electrons. The lowest BCUT2D eigenvalue weighted by Crippen LogP contribution is -2.12. The van der Waals surface area contributed by atoms with Gasteiger partial charge in [-0.15, -0.1) is 11.3 Å². The molecule has 14 heavy (non-hydrogen) atoms. The second kappa shape index (κ2) is 3.20. The molecule has 0 aliphatic rings. The molecule has 0 saturated heterocycles. The van der Waals surface area contributed by atoms with Crippen molar-refractivity contribution < 1.29 is 0 Å². The van der Waals surface area contributed by atoms with Gasteiger partial charge in [0.25, 0.3) is 5.56 Å². The summed E-state index contributed by atoms with van der Waals surface area (Å²) in [5.74, 6) is 1.03. The number of thiophene rings is 1. The van der Waals surface area contributed by atoms with E-state index in [9.17, 15) is 4.79 Å². The van der Waals surface area contributed by atoms with Crippen molar-refractivity contribution in [3.05, 3.63) is 27.1 Å². The maximum Gasteiger partial charge on any atom is 0.259 e. The Morgan fingerprint density at radius 3 is 2.86 bits per heavy atom. The molecule has 0 spiro atoms. The van der Waals surface area contributed by atoms with Gasteiger partial charge in [-0.3, -0.25) is 4.79 Å². The molecular weight excluding hydrogens is 196 g/mol. The maximum absolute atomic E-state index is 11.7. The number of nitrogens with zero attached hydrogens (tertiary/aromatic N) is 1. The van der Waals surface area contributed by atoms with Crippen molar-refractivity contribution in [2.45, 2.75) is 26.7 Å². The number of H-pyrrole nitrogens is 1. The average molecular weight is 208 g/mol. The summed E-state index contributed by atoms with van der Waals surface area (Å²) in [5, 5.41) is 2.70. The Morgan fingerprint density at radius 2 is 2.21 bits per heavy atom. The lowest BCUT2D eigenvalue weighted by molar-refractivity contribution is 0.778. The van der Waals surface area contributed by atoms with Gasteiger partial charge in [0.2, 0.25) is 0 Å². The first-order valence-corrected chi connectivity index (χ1v) is 5.45. The fraction of sp³-hybridized carbons (Fsp3) is 0.400. The van der Waals surface area contributed by atoms with Crippen molar-refractivity contribution in [2.75, 3.05) is 0 Å². The fourth-order valence-corrected chi connectivity index (χ4v) is 2.31. The molecule has 2 rings (SSSR count). The number of aromatic amines is 1. The van der Waals surface area contributed by atoms with Crippen LogP contribution in [0.2, 0.25) is 0 Å². The Hall–Kier alpha value is -1.16. The van der Waals surface area contributed by atoms with Crippen LogP contribution in [0.15, 0.2) is 10.2 Å². The van der Waals surface area contributed by atoms with Crippen molar-refractivity contribution in [1.29, 1.82) is 0 Å². The van der Waals surface area contributed by atoms with E-state index in [1.165, 1.54) is 11.3 Å². The van der Waals surface area contributed by atoms with Gasteiger partial charge < -0.3 is 4.98 Å². The van der Waals surface area contributed by atoms with Crippen LogP contribution in [-0.4, -0.2) is 9.97 Å². The molecule has 0 bridgehead atoms. The van der Waals surface area contributed by atoms with Gasteiger partial charge in [0.1, 0.15) is 10.7 Å². The number of fused-ring (bicyclic) bond motifs is 1. The Bertz CT molecular complexity index is 524. The maximum atomic E-state index is 11.7. The Kier molecular flexibility index (Phi) is 2.15. The monoisotopic (exact) mass is 208 g/mol. The highest BCUT2D eigenvalue weighted by atomic mass is 32.1. The zero-order valence-electron chi connectivity index (χ0n) is 8.42. The van der Waals surface area contributed by atoms with E-state index in [1.54, 1.807) is 0 Å². The number of hydrogen-bond acceptors (Lipinski definition) is 3. The molecule has 2 aromatic rings. The van der Waals surface area contributed by atoms with Gasteiger partial charge >= 0.3 is 0 Å². The third kappa shape index (κ3) is 1.35. The molecular formula is C10H12N2OS. The van der Waals surface area contributed by atoms with Gasteiger partial charge in [0.15, 0.2) is 0 Å². The van der Waals surface area contributed by atoms with Crippen LogP contribution in [0.5, 0.6) is 0 Å². The normalized spacial score (nSPS) is 11.4. The summed E-state index contributed by atoms with van der Waals surface area (Å²) in [4.78, 5) is 19.8. The summed E-state index contributed by atoms with van der Waals surface area (Å²) >= 11 is 1.53. The average Bonchev–Trinajstić information content (AvgIpc) is 2.48. The van der Waals surface area contributed by atoms with Crippen LogP contribution < -0.4 is 5.56 Å². The second-order valence-electron chi connectivity index (χ2n) is 3.70. The molecule has 0 unspecified atom stereocenters. The molecule has 0 aliphatic heterocycles. The van der Waals surface area contributed by atoms with Crippen LogP contribution in [0.4, 0.5) is 0 Å². The fourth-order valence-electron chi connectivity index (χ4n) is 1.38. The smallest absolute Gasteiger partial charge is 0.259 e. The molecule has 0 atom stereocenters. The first kappa shape index (κ1) is 9.40. The number of hydrogen-bond donors (Lipinski definition) is 1. The highest BCUT2D eigenvalue weighted by Gasteiger charge is 2.09. The predicted molar refractivity (Wildman–Crippen MR) is 59.1 cm³/mol. The van der Waals surface area contributed by atoms with Gasteiger partial charge in [-0.2, -0.15) is 0 Å². The molecule has 0 saturated carbocycles. The van der Waals surface area contributed by atoms with Gasteiger partial charge in [0.05, 0.1) is 5.39 Å². The molecule has 1 N–H and O–H groups in total. The first-order valence-electron chi connectivity index (χ1n) is 4.57. The second-order valence-corrected chi connectivity index (χ2v) is 4.56. The summed E-state index contributed by atoms with van der Waals surface area (Å²) in [7, 11) is 0. The third-order valence-corrected chi connectivity index (χ3v) is 3.18. The first-order chi connectivity index (χ1) is 6.59. The zero-order valence-corrected chi connectivity index (χ0v) is 9.23. The number of rotatable bonds is 1. The molecule has 0 aromatic carbocycles. The summed E-state index contributed by atoms with van der Waals surface area (Å²) in [6, 6.07) is 0. The molecule has 0 amide bonds. The molecule has 4 heteroatoms. The Labute approximate surface area is 85.8 Å². The summed E-state index contributed by atoms with van der Waals surface area (Å²) < 4.78 is 0. The van der Waals surface area contributed by atoms with Crippen molar-refractivity contribution in [1.82, 2.24) is 9.97 Å². The van der Waals surface area contributed by atoms with Crippen LogP contribution in [0.25, 0.3) is 10.2 Å². The van der Waals surface area contributed by atoms with E-state index in [0.29, 0.717) is 0 Å². The van der Waals surface area contributed by atoms with E-state index in [-0.39, 0.29) is 11.5 Å². The summed E-state index contributed by atoms with van der Waals surface area (Å²) in [5.41, 5.74) is 0.992. The molecule has 0 aliphatic carbocycles. The number of aromatic nitrogens is 2. The van der Waals surface area contributed by atoms with E-state index >= 15 is 0 Å². The highest BCUT2D eigenvalue weighted by molar-refractivity contribution is 7.16. The van der Waals surface area contributed by atoms with Crippen molar-refractivity contribution >= 4 is 21.6 Å². The SMILES string of the molecule is Cc1csc2nc(C(C)C)[nH]c(=O)c12. The Morgan fingerprint density at radius 1 is 1.50 bits per heavy atom. The standard InChI is InChI=1S/C10H12N2OS/c1-5(2)8-11-9(13)7-6(3)4-14-10(7)12-8/h4-5H,1-3H3,(H,11,12,13). The predicted octanol–water partition coefficient (Wildman–Crippen LogP) is 2.42. The van der Waals surface area contributed by atoms with Crippen LogP contribution in [0.3, 0.4) is 0 Å². The zero-order chi connectivity index (χ0) is 10.3. The van der Waals surface area contributed by atoms with Gasteiger partial charge in [-0.25, -0.2) is 4.98 Å². The van der Waals surface area contributed by atoms with Gasteiger partial charge in [0, 0.05) is 5.92 Å². The van der Waals surface area contributed by atoms with E-state index in [4.69, 9.17) is 0 Å². The minimum Gasteiger partial charge on any atom is -0.310 e. The van der Waals surface area contributed by atoms with Crippen LogP contribution >= 0.6 is 11.3 Å². The minimum atomic E-state index is -0.0162.